The van der Waals surface area contributed by atoms with Crippen LogP contribution in [0.3, 0.4) is 0 Å². The van der Waals surface area contributed by atoms with Crippen LogP contribution in [0.15, 0.2) is 0 Å². The lowest BCUT2D eigenvalue weighted by Gasteiger charge is -2.20. The molecular weight excluding hydrogens is 176 g/mol. The number of rotatable bonds is 3. The zero-order chi connectivity index (χ0) is 9.19. The number of carboxylic acid groups (broad SMARTS) is 1. The van der Waals surface area contributed by atoms with Crippen LogP contribution >= 0.6 is 11.6 Å². The summed E-state index contributed by atoms with van der Waals surface area (Å²) in [7, 11) is 0. The average Bonchev–Trinajstić information content (AvgIpc) is 2.38. The number of alkyl halides is 1. The highest BCUT2D eigenvalue weighted by Crippen LogP contribution is 2.34. The second-order valence-electron chi connectivity index (χ2n) is 3.86. The van der Waals surface area contributed by atoms with E-state index >= 15 is 0 Å². The molecular formula is C9H15ClO2. The Balaban J connectivity index is 2.42. The first-order valence-corrected chi connectivity index (χ1v) is 4.82. The summed E-state index contributed by atoms with van der Waals surface area (Å²) in [5.74, 6) is -0.361. The average molecular weight is 191 g/mol. The first-order chi connectivity index (χ1) is 5.52. The highest BCUT2D eigenvalue weighted by Gasteiger charge is 2.34. The summed E-state index contributed by atoms with van der Waals surface area (Å²) in [4.78, 5) is 9.63. The highest BCUT2D eigenvalue weighted by molar-refractivity contribution is 6.33. The van der Waals surface area contributed by atoms with Gasteiger partial charge in [-0.05, 0) is 19.3 Å². The molecule has 2 nitrogen and oxygen atoms in total. The quantitative estimate of drug-likeness (QED) is 0.695. The van der Waals surface area contributed by atoms with E-state index in [9.17, 15) is 4.79 Å². The molecule has 0 aliphatic heterocycles. The Labute approximate surface area is 77.9 Å². The smallest absolute Gasteiger partial charge is 0.324 e. The van der Waals surface area contributed by atoms with E-state index in [1.165, 1.54) is 12.8 Å². The zero-order valence-corrected chi connectivity index (χ0v) is 8.10. The van der Waals surface area contributed by atoms with E-state index < -0.39 is 10.8 Å². The molecule has 1 fully saturated rings. The van der Waals surface area contributed by atoms with Gasteiger partial charge in [-0.3, -0.25) is 4.79 Å². The van der Waals surface area contributed by atoms with Gasteiger partial charge in [0.15, 0.2) is 0 Å². The third-order valence-electron chi connectivity index (χ3n) is 2.59. The fourth-order valence-electron chi connectivity index (χ4n) is 1.84. The summed E-state index contributed by atoms with van der Waals surface area (Å²) >= 11 is 5.85. The van der Waals surface area contributed by atoms with Crippen LogP contribution in [0.2, 0.25) is 0 Å². The molecule has 0 saturated heterocycles. The minimum atomic E-state index is -1.05. The second kappa shape index (κ2) is 3.65. The molecule has 70 valence electrons. The molecule has 0 spiro atoms. The molecule has 0 aromatic carbocycles. The van der Waals surface area contributed by atoms with Crippen LogP contribution in [0.1, 0.15) is 39.0 Å². The van der Waals surface area contributed by atoms with E-state index in [-0.39, 0.29) is 0 Å². The van der Waals surface area contributed by atoms with E-state index in [1.54, 1.807) is 6.92 Å². The lowest BCUT2D eigenvalue weighted by atomic mass is 9.94. The van der Waals surface area contributed by atoms with Crippen molar-refractivity contribution >= 4 is 17.6 Å². The van der Waals surface area contributed by atoms with Crippen molar-refractivity contribution in [1.82, 2.24) is 0 Å². The second-order valence-corrected chi connectivity index (χ2v) is 4.69. The Kier molecular flexibility index (Phi) is 2.99. The van der Waals surface area contributed by atoms with Gasteiger partial charge in [-0.15, -0.1) is 11.6 Å². The van der Waals surface area contributed by atoms with Crippen LogP contribution in [0.5, 0.6) is 0 Å². The summed E-state index contributed by atoms with van der Waals surface area (Å²) in [6.45, 7) is 1.59. The first kappa shape index (κ1) is 9.85. The Bertz CT molecular complexity index is 171. The number of carbonyl (C=O) groups is 1. The molecule has 1 aliphatic rings. The summed E-state index contributed by atoms with van der Waals surface area (Å²) < 4.78 is 0. The Hall–Kier alpha value is -0.240. The molecule has 12 heavy (non-hydrogen) atoms. The number of hydrogen-bond donors (Lipinski definition) is 1. The maximum Gasteiger partial charge on any atom is 0.324 e. The minimum absolute atomic E-state index is 0.531. The normalized spacial score (nSPS) is 23.8. The molecule has 1 atom stereocenters. The highest BCUT2D eigenvalue weighted by atomic mass is 35.5. The monoisotopic (exact) mass is 190 g/mol. The zero-order valence-electron chi connectivity index (χ0n) is 7.35. The Morgan fingerprint density at radius 1 is 1.58 bits per heavy atom. The van der Waals surface area contributed by atoms with Gasteiger partial charge in [-0.1, -0.05) is 25.7 Å². The largest absolute Gasteiger partial charge is 0.480 e. The lowest BCUT2D eigenvalue weighted by molar-refractivity contribution is -0.140. The third kappa shape index (κ3) is 2.37. The van der Waals surface area contributed by atoms with E-state index in [0.717, 1.165) is 12.8 Å². The topological polar surface area (TPSA) is 37.3 Å². The molecule has 0 aromatic rings. The molecule has 0 unspecified atom stereocenters. The molecule has 1 aliphatic carbocycles. The fourth-order valence-corrected chi connectivity index (χ4v) is 2.06. The van der Waals surface area contributed by atoms with Crippen molar-refractivity contribution in [2.45, 2.75) is 43.9 Å². The van der Waals surface area contributed by atoms with Gasteiger partial charge in [-0.2, -0.15) is 0 Å². The number of carboxylic acids is 1. The maximum atomic E-state index is 10.7. The van der Waals surface area contributed by atoms with Crippen molar-refractivity contribution in [3.05, 3.63) is 0 Å². The summed E-state index contributed by atoms with van der Waals surface area (Å²) in [5.41, 5.74) is 0. The molecule has 0 heterocycles. The van der Waals surface area contributed by atoms with E-state index in [4.69, 9.17) is 16.7 Å². The van der Waals surface area contributed by atoms with Gasteiger partial charge in [0.1, 0.15) is 4.87 Å². The molecule has 1 N–H and O–H groups in total. The summed E-state index contributed by atoms with van der Waals surface area (Å²) in [5, 5.41) is 8.77. The predicted molar refractivity (Wildman–Crippen MR) is 48.5 cm³/mol. The molecule has 1 rings (SSSR count). The van der Waals surface area contributed by atoms with Gasteiger partial charge < -0.3 is 5.11 Å². The lowest BCUT2D eigenvalue weighted by Crippen LogP contribution is -2.30. The standard InChI is InChI=1S/C9H15ClO2/c1-9(10,8(11)12)6-7-4-2-3-5-7/h7H,2-6H2,1H3,(H,11,12)/t9-/m1/s1. The van der Waals surface area contributed by atoms with E-state index in [2.05, 4.69) is 0 Å². The summed E-state index contributed by atoms with van der Waals surface area (Å²) in [6.07, 6.45) is 5.38. The van der Waals surface area contributed by atoms with Crippen LogP contribution in [0.25, 0.3) is 0 Å². The van der Waals surface area contributed by atoms with Crippen molar-refractivity contribution in [1.29, 1.82) is 0 Å². The van der Waals surface area contributed by atoms with Gasteiger partial charge in [0.05, 0.1) is 0 Å². The van der Waals surface area contributed by atoms with Crippen LogP contribution in [-0.4, -0.2) is 16.0 Å². The molecule has 0 radical (unpaired) electrons. The van der Waals surface area contributed by atoms with Crippen molar-refractivity contribution in [2.75, 3.05) is 0 Å². The van der Waals surface area contributed by atoms with Crippen molar-refractivity contribution in [2.24, 2.45) is 5.92 Å². The van der Waals surface area contributed by atoms with Crippen LogP contribution in [0.4, 0.5) is 0 Å². The number of halogens is 1. The molecule has 0 amide bonds. The first-order valence-electron chi connectivity index (χ1n) is 4.45. The van der Waals surface area contributed by atoms with Crippen molar-refractivity contribution < 1.29 is 9.90 Å². The van der Waals surface area contributed by atoms with Crippen LogP contribution in [-0.2, 0) is 4.79 Å². The van der Waals surface area contributed by atoms with Crippen LogP contribution in [0, 0.1) is 5.92 Å². The van der Waals surface area contributed by atoms with Crippen molar-refractivity contribution in [3.63, 3.8) is 0 Å². The molecule has 0 bridgehead atoms. The molecule has 0 aromatic heterocycles. The SMILES string of the molecule is C[C@@](Cl)(CC1CCCC1)C(=O)O. The fraction of sp³-hybridized carbons (Fsp3) is 0.889. The van der Waals surface area contributed by atoms with E-state index in [0.29, 0.717) is 12.3 Å². The van der Waals surface area contributed by atoms with Gasteiger partial charge in [-0.25, -0.2) is 0 Å². The van der Waals surface area contributed by atoms with Crippen molar-refractivity contribution in [3.8, 4) is 0 Å². The Morgan fingerprint density at radius 2 is 2.08 bits per heavy atom. The maximum absolute atomic E-state index is 10.7. The van der Waals surface area contributed by atoms with Gasteiger partial charge in [0.2, 0.25) is 0 Å². The Morgan fingerprint density at radius 3 is 2.50 bits per heavy atom. The predicted octanol–water partition coefficient (Wildman–Crippen LogP) is 2.65. The van der Waals surface area contributed by atoms with Crippen LogP contribution < -0.4 is 0 Å². The van der Waals surface area contributed by atoms with Gasteiger partial charge in [0.25, 0.3) is 0 Å². The van der Waals surface area contributed by atoms with Gasteiger partial charge in [0, 0.05) is 0 Å². The third-order valence-corrected chi connectivity index (χ3v) is 2.91. The van der Waals surface area contributed by atoms with E-state index in [1.807, 2.05) is 0 Å². The molecule has 1 saturated carbocycles. The van der Waals surface area contributed by atoms with Gasteiger partial charge >= 0.3 is 5.97 Å². The summed E-state index contributed by atoms with van der Waals surface area (Å²) in [6, 6.07) is 0. The molecule has 3 heteroatoms. The minimum Gasteiger partial charge on any atom is -0.480 e. The number of aliphatic carboxylic acids is 1. The number of hydrogen-bond acceptors (Lipinski definition) is 1.